The second-order valence-electron chi connectivity index (χ2n) is 4.85. The van der Waals surface area contributed by atoms with Crippen LogP contribution < -0.4 is 5.32 Å². The second kappa shape index (κ2) is 5.56. The van der Waals surface area contributed by atoms with Crippen molar-refractivity contribution < 1.29 is 14.7 Å². The average Bonchev–Trinajstić information content (AvgIpc) is 2.96. The minimum atomic E-state index is -0.949. The van der Waals surface area contributed by atoms with Gasteiger partial charge in [-0.05, 0) is 18.8 Å². The second-order valence-corrected chi connectivity index (χ2v) is 5.71. The van der Waals surface area contributed by atoms with Crippen LogP contribution in [0, 0.1) is 0 Å². The number of aromatic nitrogens is 1. The van der Waals surface area contributed by atoms with Crippen LogP contribution in [0.5, 0.6) is 0 Å². The maximum atomic E-state index is 12.0. The number of anilines is 1. The van der Waals surface area contributed by atoms with Crippen molar-refractivity contribution in [2.45, 2.75) is 38.6 Å². The summed E-state index contributed by atoms with van der Waals surface area (Å²) < 4.78 is 0. The predicted molar refractivity (Wildman–Crippen MR) is 72.6 cm³/mol. The maximum absolute atomic E-state index is 12.0. The number of carboxylic acid groups (broad SMARTS) is 1. The van der Waals surface area contributed by atoms with Crippen LogP contribution in [-0.2, 0) is 4.79 Å². The number of nitrogens with one attached hydrogen (secondary N) is 1. The Hall–Kier alpha value is -1.63. The minimum absolute atomic E-state index is 0.306. The number of aliphatic carboxylic acids is 1. The number of thiazole rings is 1. The molecule has 0 radical (unpaired) electrons. The van der Waals surface area contributed by atoms with Gasteiger partial charge >= 0.3 is 12.0 Å². The minimum Gasteiger partial charge on any atom is -0.480 e. The number of rotatable bonds is 3. The molecule has 2 rings (SSSR count). The first-order chi connectivity index (χ1) is 8.99. The van der Waals surface area contributed by atoms with Gasteiger partial charge in [-0.1, -0.05) is 13.8 Å². The first kappa shape index (κ1) is 13.8. The third-order valence-corrected chi connectivity index (χ3v) is 3.90. The number of urea groups is 1. The third-order valence-electron chi connectivity index (χ3n) is 3.13. The van der Waals surface area contributed by atoms with E-state index < -0.39 is 12.0 Å². The van der Waals surface area contributed by atoms with Crippen molar-refractivity contribution in [1.29, 1.82) is 0 Å². The van der Waals surface area contributed by atoms with E-state index >= 15 is 0 Å². The van der Waals surface area contributed by atoms with Crippen molar-refractivity contribution in [3.05, 3.63) is 11.1 Å². The Balaban J connectivity index is 2.02. The zero-order valence-corrected chi connectivity index (χ0v) is 11.7. The molecule has 2 heterocycles. The molecule has 1 aliphatic rings. The topological polar surface area (TPSA) is 82.5 Å². The first-order valence-electron chi connectivity index (χ1n) is 6.25. The molecule has 6 nitrogen and oxygen atoms in total. The average molecular weight is 283 g/mol. The molecule has 0 spiro atoms. The van der Waals surface area contributed by atoms with Crippen molar-refractivity contribution in [1.82, 2.24) is 9.88 Å². The highest BCUT2D eigenvalue weighted by atomic mass is 32.1. The molecular weight excluding hydrogens is 266 g/mol. The lowest BCUT2D eigenvalue weighted by Crippen LogP contribution is -2.42. The van der Waals surface area contributed by atoms with Crippen LogP contribution in [-0.4, -0.2) is 39.6 Å². The smallest absolute Gasteiger partial charge is 0.326 e. The lowest BCUT2D eigenvalue weighted by atomic mass is 10.2. The van der Waals surface area contributed by atoms with E-state index in [0.717, 1.165) is 12.1 Å². The SMILES string of the molecule is CC(C)c1csc(NC(=O)N2CCC[C@@H]2C(=O)O)n1. The molecular formula is C12H17N3O3S. The molecule has 7 heteroatoms. The van der Waals surface area contributed by atoms with Crippen LogP contribution in [0.2, 0.25) is 0 Å². The fourth-order valence-electron chi connectivity index (χ4n) is 2.04. The molecule has 1 aliphatic heterocycles. The van der Waals surface area contributed by atoms with Gasteiger partial charge in [0.1, 0.15) is 6.04 Å². The molecule has 2 N–H and O–H groups in total. The van der Waals surface area contributed by atoms with E-state index in [9.17, 15) is 9.59 Å². The molecule has 1 fully saturated rings. The number of nitrogens with zero attached hydrogens (tertiary/aromatic N) is 2. The van der Waals surface area contributed by atoms with Gasteiger partial charge in [-0.25, -0.2) is 14.6 Å². The molecule has 0 bridgehead atoms. The molecule has 2 amide bonds. The van der Waals surface area contributed by atoms with Crippen molar-refractivity contribution >= 4 is 28.5 Å². The van der Waals surface area contributed by atoms with E-state index in [-0.39, 0.29) is 6.03 Å². The van der Waals surface area contributed by atoms with E-state index in [2.05, 4.69) is 10.3 Å². The summed E-state index contributed by atoms with van der Waals surface area (Å²) in [6.45, 7) is 4.54. The van der Waals surface area contributed by atoms with E-state index in [4.69, 9.17) is 5.11 Å². The molecule has 1 saturated heterocycles. The Morgan fingerprint density at radius 2 is 2.32 bits per heavy atom. The zero-order valence-electron chi connectivity index (χ0n) is 10.9. The summed E-state index contributed by atoms with van der Waals surface area (Å²) in [4.78, 5) is 28.7. The van der Waals surface area contributed by atoms with Crippen molar-refractivity contribution in [2.24, 2.45) is 0 Å². The molecule has 0 saturated carbocycles. The number of carbonyl (C=O) groups excluding carboxylic acids is 1. The Morgan fingerprint density at radius 3 is 2.89 bits per heavy atom. The van der Waals surface area contributed by atoms with Crippen LogP contribution in [0.25, 0.3) is 0 Å². The Labute approximate surface area is 115 Å². The van der Waals surface area contributed by atoms with Gasteiger partial charge in [0.25, 0.3) is 0 Å². The van der Waals surface area contributed by atoms with E-state index in [0.29, 0.717) is 24.0 Å². The van der Waals surface area contributed by atoms with Crippen LogP contribution in [0.15, 0.2) is 5.38 Å². The van der Waals surface area contributed by atoms with Crippen LogP contribution in [0.4, 0.5) is 9.93 Å². The number of hydrogen-bond donors (Lipinski definition) is 2. The van der Waals surface area contributed by atoms with Gasteiger partial charge in [-0.2, -0.15) is 0 Å². The Morgan fingerprint density at radius 1 is 1.58 bits per heavy atom. The number of carboxylic acids is 1. The molecule has 1 aromatic rings. The first-order valence-corrected chi connectivity index (χ1v) is 7.13. The van der Waals surface area contributed by atoms with Crippen molar-refractivity contribution in [2.75, 3.05) is 11.9 Å². The van der Waals surface area contributed by atoms with Crippen molar-refractivity contribution in [3.8, 4) is 0 Å². The molecule has 0 aromatic carbocycles. The third kappa shape index (κ3) is 3.04. The highest BCUT2D eigenvalue weighted by molar-refractivity contribution is 7.13. The molecule has 0 unspecified atom stereocenters. The number of carbonyl (C=O) groups is 2. The summed E-state index contributed by atoms with van der Waals surface area (Å²) >= 11 is 1.36. The Bertz CT molecular complexity index is 486. The van der Waals surface area contributed by atoms with Crippen molar-refractivity contribution in [3.63, 3.8) is 0 Å². The highest BCUT2D eigenvalue weighted by Crippen LogP contribution is 2.23. The fraction of sp³-hybridized carbons (Fsp3) is 0.583. The van der Waals surface area contributed by atoms with Crippen LogP contribution in [0.3, 0.4) is 0 Å². The van der Waals surface area contributed by atoms with Crippen LogP contribution >= 0.6 is 11.3 Å². The van der Waals surface area contributed by atoms with Crippen LogP contribution in [0.1, 0.15) is 38.3 Å². The lowest BCUT2D eigenvalue weighted by molar-refractivity contribution is -0.141. The standard InChI is InChI=1S/C12H17N3O3S/c1-7(2)8-6-19-11(13-8)14-12(18)15-5-3-4-9(15)10(16)17/h6-7,9H,3-5H2,1-2H3,(H,16,17)(H,13,14,18)/t9-/m1/s1. The lowest BCUT2D eigenvalue weighted by Gasteiger charge is -2.20. The molecule has 104 valence electrons. The molecule has 19 heavy (non-hydrogen) atoms. The number of likely N-dealkylation sites (tertiary alicyclic amines) is 1. The highest BCUT2D eigenvalue weighted by Gasteiger charge is 2.34. The predicted octanol–water partition coefficient (Wildman–Crippen LogP) is 2.35. The Kier molecular flexibility index (Phi) is 4.04. The van der Waals surface area contributed by atoms with Gasteiger partial charge in [-0.3, -0.25) is 5.32 Å². The normalized spacial score (nSPS) is 18.9. The molecule has 1 aromatic heterocycles. The van der Waals surface area contributed by atoms with Gasteiger partial charge in [0.15, 0.2) is 5.13 Å². The molecule has 1 atom stereocenters. The van der Waals surface area contributed by atoms with E-state index in [1.165, 1.54) is 16.2 Å². The summed E-state index contributed by atoms with van der Waals surface area (Å²) in [6.07, 6.45) is 1.23. The quantitative estimate of drug-likeness (QED) is 0.892. The maximum Gasteiger partial charge on any atom is 0.326 e. The summed E-state index contributed by atoms with van der Waals surface area (Å²) in [6, 6.07) is -1.10. The van der Waals surface area contributed by atoms with Gasteiger partial charge in [-0.15, -0.1) is 11.3 Å². The summed E-state index contributed by atoms with van der Waals surface area (Å²) in [5.74, 6) is -0.643. The molecule has 0 aliphatic carbocycles. The monoisotopic (exact) mass is 283 g/mol. The van der Waals surface area contributed by atoms with Gasteiger partial charge < -0.3 is 10.0 Å². The van der Waals surface area contributed by atoms with Gasteiger partial charge in [0, 0.05) is 11.9 Å². The number of amides is 2. The van der Waals surface area contributed by atoms with Gasteiger partial charge in [0.05, 0.1) is 5.69 Å². The number of hydrogen-bond acceptors (Lipinski definition) is 4. The summed E-state index contributed by atoms with van der Waals surface area (Å²) in [7, 11) is 0. The fourth-order valence-corrected chi connectivity index (χ4v) is 2.90. The summed E-state index contributed by atoms with van der Waals surface area (Å²) in [5, 5.41) is 14.1. The zero-order chi connectivity index (χ0) is 14.0. The summed E-state index contributed by atoms with van der Waals surface area (Å²) in [5.41, 5.74) is 0.927. The largest absolute Gasteiger partial charge is 0.480 e. The van der Waals surface area contributed by atoms with E-state index in [1.54, 1.807) is 0 Å². The van der Waals surface area contributed by atoms with E-state index in [1.807, 2.05) is 19.2 Å². The van der Waals surface area contributed by atoms with Gasteiger partial charge in [0.2, 0.25) is 0 Å².